The number of carbonyl (C=O) groups is 1. The molecule has 1 N–H and O–H groups in total. The van der Waals surface area contributed by atoms with Crippen LogP contribution in [0, 0.1) is 0 Å². The second kappa shape index (κ2) is 5.00. The van der Waals surface area contributed by atoms with Gasteiger partial charge < -0.3 is 10.2 Å². The van der Waals surface area contributed by atoms with Crippen LogP contribution in [-0.2, 0) is 0 Å². The molecule has 1 rings (SSSR count). The molecule has 0 bridgehead atoms. The van der Waals surface area contributed by atoms with Crippen molar-refractivity contribution in [2.75, 3.05) is 26.0 Å². The first-order valence-electron chi connectivity index (χ1n) is 4.72. The molecule has 0 aliphatic heterocycles. The number of rotatable bonds is 4. The van der Waals surface area contributed by atoms with Crippen molar-refractivity contribution >= 4 is 22.2 Å². The molecule has 1 aromatic heterocycles. The summed E-state index contributed by atoms with van der Waals surface area (Å²) in [4.78, 5) is 14.3. The molecule has 0 atom stereocenters. The summed E-state index contributed by atoms with van der Waals surface area (Å²) in [6, 6.07) is 3.79. The third kappa shape index (κ3) is 2.48. The van der Waals surface area contributed by atoms with Gasteiger partial charge in [-0.1, -0.05) is 6.92 Å². The standard InChI is InChI=1S/C10H16N2OS/c1-4-7-12(3)10(13)8-5-6-9(11-2)14-8/h5-6,11H,4,7H2,1-3H3. The van der Waals surface area contributed by atoms with Gasteiger partial charge in [0, 0.05) is 20.6 Å². The van der Waals surface area contributed by atoms with Gasteiger partial charge in [0.15, 0.2) is 0 Å². The van der Waals surface area contributed by atoms with E-state index < -0.39 is 0 Å². The molecule has 0 radical (unpaired) electrons. The van der Waals surface area contributed by atoms with Crippen LogP contribution in [0.3, 0.4) is 0 Å². The Bertz CT molecular complexity index is 309. The molecule has 0 aliphatic carbocycles. The zero-order valence-corrected chi connectivity index (χ0v) is 9.65. The predicted molar refractivity (Wildman–Crippen MR) is 61.1 cm³/mol. The van der Waals surface area contributed by atoms with E-state index >= 15 is 0 Å². The lowest BCUT2D eigenvalue weighted by Gasteiger charge is -2.14. The van der Waals surface area contributed by atoms with E-state index in [1.165, 1.54) is 11.3 Å². The van der Waals surface area contributed by atoms with Crippen molar-refractivity contribution in [1.29, 1.82) is 0 Å². The summed E-state index contributed by atoms with van der Waals surface area (Å²) >= 11 is 1.49. The van der Waals surface area contributed by atoms with Gasteiger partial charge in [0.05, 0.1) is 9.88 Å². The fourth-order valence-electron chi connectivity index (χ4n) is 1.21. The summed E-state index contributed by atoms with van der Waals surface area (Å²) in [7, 11) is 3.69. The molecule has 1 heterocycles. The molecule has 1 aromatic rings. The van der Waals surface area contributed by atoms with Crippen molar-refractivity contribution in [3.63, 3.8) is 0 Å². The molecule has 0 saturated carbocycles. The Morgan fingerprint density at radius 3 is 2.79 bits per heavy atom. The summed E-state index contributed by atoms with van der Waals surface area (Å²) in [5.74, 6) is 0.110. The van der Waals surface area contributed by atoms with Crippen molar-refractivity contribution in [3.05, 3.63) is 17.0 Å². The highest BCUT2D eigenvalue weighted by molar-refractivity contribution is 7.17. The Morgan fingerprint density at radius 1 is 1.57 bits per heavy atom. The van der Waals surface area contributed by atoms with E-state index in [1.54, 1.807) is 4.90 Å². The molecule has 78 valence electrons. The van der Waals surface area contributed by atoms with Gasteiger partial charge >= 0.3 is 0 Å². The molecule has 14 heavy (non-hydrogen) atoms. The summed E-state index contributed by atoms with van der Waals surface area (Å²) < 4.78 is 0. The maximum Gasteiger partial charge on any atom is 0.263 e. The summed E-state index contributed by atoms with van der Waals surface area (Å²) in [6.45, 7) is 2.88. The molecular weight excluding hydrogens is 196 g/mol. The van der Waals surface area contributed by atoms with Crippen molar-refractivity contribution in [2.45, 2.75) is 13.3 Å². The number of thiophene rings is 1. The number of anilines is 1. The van der Waals surface area contributed by atoms with E-state index in [4.69, 9.17) is 0 Å². The molecule has 4 heteroatoms. The quantitative estimate of drug-likeness (QED) is 0.830. The monoisotopic (exact) mass is 212 g/mol. The minimum absolute atomic E-state index is 0.110. The Morgan fingerprint density at radius 2 is 2.29 bits per heavy atom. The lowest BCUT2D eigenvalue weighted by atomic mass is 10.4. The molecule has 0 fully saturated rings. The second-order valence-electron chi connectivity index (χ2n) is 3.14. The average molecular weight is 212 g/mol. The minimum atomic E-state index is 0.110. The van der Waals surface area contributed by atoms with Crippen molar-refractivity contribution in [3.8, 4) is 0 Å². The van der Waals surface area contributed by atoms with E-state index in [9.17, 15) is 4.79 Å². The van der Waals surface area contributed by atoms with Gasteiger partial charge in [-0.3, -0.25) is 4.79 Å². The zero-order valence-electron chi connectivity index (χ0n) is 8.83. The third-order valence-corrected chi connectivity index (χ3v) is 3.06. The largest absolute Gasteiger partial charge is 0.380 e. The average Bonchev–Trinajstić information content (AvgIpc) is 2.65. The highest BCUT2D eigenvalue weighted by Crippen LogP contribution is 2.22. The van der Waals surface area contributed by atoms with Crippen molar-refractivity contribution < 1.29 is 4.79 Å². The van der Waals surface area contributed by atoms with E-state index in [0.717, 1.165) is 22.8 Å². The minimum Gasteiger partial charge on any atom is -0.380 e. The number of nitrogens with one attached hydrogen (secondary N) is 1. The highest BCUT2D eigenvalue weighted by atomic mass is 32.1. The predicted octanol–water partition coefficient (Wildman–Crippen LogP) is 2.27. The molecule has 0 aromatic carbocycles. The Balaban J connectivity index is 2.68. The number of nitrogens with zero attached hydrogens (tertiary/aromatic N) is 1. The topological polar surface area (TPSA) is 32.3 Å². The van der Waals surface area contributed by atoms with Crippen LogP contribution in [-0.4, -0.2) is 31.4 Å². The highest BCUT2D eigenvalue weighted by Gasteiger charge is 2.12. The van der Waals surface area contributed by atoms with Crippen LogP contribution in [0.5, 0.6) is 0 Å². The Labute approximate surface area is 88.7 Å². The van der Waals surface area contributed by atoms with E-state index in [2.05, 4.69) is 12.2 Å². The maximum absolute atomic E-state index is 11.8. The second-order valence-corrected chi connectivity index (χ2v) is 4.22. The van der Waals surface area contributed by atoms with Gasteiger partial charge in [0.25, 0.3) is 5.91 Å². The van der Waals surface area contributed by atoms with Crippen LogP contribution in [0.15, 0.2) is 12.1 Å². The number of hydrogen-bond donors (Lipinski definition) is 1. The van der Waals surface area contributed by atoms with Gasteiger partial charge in [-0.15, -0.1) is 11.3 Å². The van der Waals surface area contributed by atoms with Gasteiger partial charge in [-0.25, -0.2) is 0 Å². The fraction of sp³-hybridized carbons (Fsp3) is 0.500. The van der Waals surface area contributed by atoms with Crippen LogP contribution >= 0.6 is 11.3 Å². The van der Waals surface area contributed by atoms with E-state index in [0.29, 0.717) is 0 Å². The molecular formula is C10H16N2OS. The van der Waals surface area contributed by atoms with Crippen LogP contribution in [0.25, 0.3) is 0 Å². The number of carbonyl (C=O) groups excluding carboxylic acids is 1. The number of hydrogen-bond acceptors (Lipinski definition) is 3. The Hall–Kier alpha value is -1.03. The SMILES string of the molecule is CCCN(C)C(=O)c1ccc(NC)s1. The molecule has 0 saturated heterocycles. The molecule has 1 amide bonds. The lowest BCUT2D eigenvalue weighted by molar-refractivity contribution is 0.0800. The van der Waals surface area contributed by atoms with Crippen LogP contribution in [0.1, 0.15) is 23.0 Å². The summed E-state index contributed by atoms with van der Waals surface area (Å²) in [5.41, 5.74) is 0. The summed E-state index contributed by atoms with van der Waals surface area (Å²) in [6.07, 6.45) is 0.993. The van der Waals surface area contributed by atoms with Gasteiger partial charge in [-0.05, 0) is 18.6 Å². The van der Waals surface area contributed by atoms with Gasteiger partial charge in [-0.2, -0.15) is 0 Å². The van der Waals surface area contributed by atoms with Crippen LogP contribution in [0.4, 0.5) is 5.00 Å². The molecule has 0 unspecified atom stereocenters. The van der Waals surface area contributed by atoms with Crippen LogP contribution < -0.4 is 5.32 Å². The van der Waals surface area contributed by atoms with Gasteiger partial charge in [0.1, 0.15) is 0 Å². The van der Waals surface area contributed by atoms with E-state index in [1.807, 2.05) is 26.2 Å². The van der Waals surface area contributed by atoms with Crippen LogP contribution in [0.2, 0.25) is 0 Å². The smallest absolute Gasteiger partial charge is 0.263 e. The first kappa shape index (κ1) is 11.0. The number of amides is 1. The fourth-order valence-corrected chi connectivity index (χ4v) is 2.07. The van der Waals surface area contributed by atoms with Crippen molar-refractivity contribution in [1.82, 2.24) is 4.90 Å². The van der Waals surface area contributed by atoms with E-state index in [-0.39, 0.29) is 5.91 Å². The zero-order chi connectivity index (χ0) is 10.6. The Kier molecular flexibility index (Phi) is 3.95. The van der Waals surface area contributed by atoms with Crippen molar-refractivity contribution in [2.24, 2.45) is 0 Å². The molecule has 0 spiro atoms. The summed E-state index contributed by atoms with van der Waals surface area (Å²) in [5, 5.41) is 4.05. The first-order valence-corrected chi connectivity index (χ1v) is 5.53. The van der Waals surface area contributed by atoms with Gasteiger partial charge in [0.2, 0.25) is 0 Å². The maximum atomic E-state index is 11.8. The normalized spacial score (nSPS) is 9.93. The first-order chi connectivity index (χ1) is 6.69. The lowest BCUT2D eigenvalue weighted by Crippen LogP contribution is -2.26. The molecule has 3 nitrogen and oxygen atoms in total. The molecule has 0 aliphatic rings. The third-order valence-electron chi connectivity index (χ3n) is 1.97.